The quantitative estimate of drug-likeness (QED) is 0.409. The lowest BCUT2D eigenvalue weighted by molar-refractivity contribution is -0.118. The third-order valence-corrected chi connectivity index (χ3v) is 7.39. The molecule has 1 amide bonds. The summed E-state index contributed by atoms with van der Waals surface area (Å²) in [6, 6.07) is 8.25. The number of aromatic nitrogens is 2. The van der Waals surface area contributed by atoms with Crippen molar-refractivity contribution in [3.63, 3.8) is 0 Å². The van der Waals surface area contributed by atoms with E-state index in [4.69, 9.17) is 4.74 Å². The second-order valence-electron chi connectivity index (χ2n) is 10.2. The molecular weight excluding hydrogens is 500 g/mol. The summed E-state index contributed by atoms with van der Waals surface area (Å²) in [5.41, 5.74) is 5.24. The zero-order valence-corrected chi connectivity index (χ0v) is 23.0. The van der Waals surface area contributed by atoms with Gasteiger partial charge in [0.1, 0.15) is 11.6 Å². The number of halogens is 2. The predicted molar refractivity (Wildman–Crippen MR) is 148 cm³/mol. The molecule has 1 aliphatic heterocycles. The monoisotopic (exact) mass is 537 g/mol. The molecule has 2 atom stereocenters. The second-order valence-corrected chi connectivity index (χ2v) is 10.2. The van der Waals surface area contributed by atoms with Crippen LogP contribution in [0.3, 0.4) is 0 Å². The van der Waals surface area contributed by atoms with E-state index in [2.05, 4.69) is 10.4 Å². The molecule has 39 heavy (non-hydrogen) atoms. The number of rotatable bonds is 6. The van der Waals surface area contributed by atoms with Crippen LogP contribution in [0, 0.1) is 18.6 Å². The van der Waals surface area contributed by atoms with Crippen LogP contribution in [0.25, 0.3) is 16.7 Å². The first-order valence-corrected chi connectivity index (χ1v) is 13.5. The first kappa shape index (κ1) is 28.6. The third kappa shape index (κ3) is 6.81. The van der Waals surface area contributed by atoms with Gasteiger partial charge in [0.2, 0.25) is 0 Å². The fraction of sp³-hybridized carbons (Fsp3) is 0.419. The Morgan fingerprint density at radius 1 is 1.18 bits per heavy atom. The highest BCUT2D eigenvalue weighted by atomic mass is 19.1. The van der Waals surface area contributed by atoms with E-state index < -0.39 is 6.10 Å². The lowest BCUT2D eigenvalue weighted by Crippen LogP contribution is -2.49. The van der Waals surface area contributed by atoms with Gasteiger partial charge in [0.05, 0.1) is 24.9 Å². The van der Waals surface area contributed by atoms with Crippen molar-refractivity contribution in [2.75, 3.05) is 13.2 Å². The van der Waals surface area contributed by atoms with Crippen LogP contribution < -0.4 is 5.32 Å². The number of carbonyl (C=O) groups excluding carboxylic acids is 1. The molecule has 208 valence electrons. The molecule has 2 fully saturated rings. The zero-order chi connectivity index (χ0) is 28.1. The summed E-state index contributed by atoms with van der Waals surface area (Å²) >= 11 is 0. The summed E-state index contributed by atoms with van der Waals surface area (Å²) < 4.78 is 34.9. The summed E-state index contributed by atoms with van der Waals surface area (Å²) in [7, 11) is 1.85. The van der Waals surface area contributed by atoms with Gasteiger partial charge in [-0.05, 0) is 79.8 Å². The number of aliphatic hydroxyl groups excluding tert-OH is 1. The molecule has 2 aliphatic rings. The fourth-order valence-corrected chi connectivity index (χ4v) is 4.97. The Balaban J connectivity index is 0.000000202. The first-order chi connectivity index (χ1) is 18.7. The number of benzene rings is 2. The third-order valence-electron chi connectivity index (χ3n) is 7.39. The van der Waals surface area contributed by atoms with E-state index >= 15 is 0 Å². The number of nitrogens with one attached hydrogen (secondary N) is 1. The van der Waals surface area contributed by atoms with Crippen LogP contribution in [-0.4, -0.2) is 46.2 Å². The van der Waals surface area contributed by atoms with E-state index in [1.54, 1.807) is 29.9 Å². The molecule has 3 aromatic rings. The van der Waals surface area contributed by atoms with Gasteiger partial charge in [-0.15, -0.1) is 0 Å². The standard InChI is InChI=1S/C19H24FNO3.C12H13FN2/c1-3-13(19(23)21-16-8-9-24-10-17(16)22)18-11(2)14(12-4-5-12)6-7-15(18)20;1-3-9-4-5-10(6-12(9)13)11-7-14-15(2)8-11/h3,6-7,12,16-17,22H,4-5,8-10H2,1-2H3,(H,21,23);4-8H,3H2,1-2H3/b13-3+;/t16?,17-;/m0./s1. The minimum atomic E-state index is -0.732. The van der Waals surface area contributed by atoms with E-state index in [1.165, 1.54) is 6.07 Å². The SMILES string of the molecule is C/C=C(/C(=O)NC1CCOC[C@@H]1O)c1c(F)ccc(C2CC2)c1C.CCc1ccc(-c2cnn(C)c2)cc1F. The number of allylic oxidation sites excluding steroid dienone is 1. The van der Waals surface area contributed by atoms with Crippen molar-refractivity contribution in [3.8, 4) is 11.1 Å². The molecule has 1 unspecified atom stereocenters. The maximum atomic E-state index is 14.5. The van der Waals surface area contributed by atoms with Crippen molar-refractivity contribution in [2.45, 2.75) is 64.5 Å². The summed E-state index contributed by atoms with van der Waals surface area (Å²) in [6.45, 7) is 6.27. The topological polar surface area (TPSA) is 76.4 Å². The molecule has 2 aromatic carbocycles. The van der Waals surface area contributed by atoms with Crippen molar-refractivity contribution in [1.29, 1.82) is 0 Å². The molecule has 1 saturated heterocycles. The van der Waals surface area contributed by atoms with Crippen LogP contribution in [0.2, 0.25) is 0 Å². The Morgan fingerprint density at radius 3 is 2.54 bits per heavy atom. The molecule has 1 saturated carbocycles. The number of aliphatic hydroxyl groups is 1. The van der Waals surface area contributed by atoms with Crippen molar-refractivity contribution in [3.05, 3.63) is 82.7 Å². The van der Waals surface area contributed by atoms with E-state index in [-0.39, 0.29) is 30.2 Å². The Morgan fingerprint density at radius 2 is 1.95 bits per heavy atom. The molecule has 6 nitrogen and oxygen atoms in total. The maximum absolute atomic E-state index is 14.5. The van der Waals surface area contributed by atoms with Gasteiger partial charge in [-0.2, -0.15) is 5.10 Å². The van der Waals surface area contributed by atoms with E-state index in [0.717, 1.165) is 47.1 Å². The van der Waals surface area contributed by atoms with Crippen LogP contribution in [0.15, 0.2) is 48.8 Å². The highest BCUT2D eigenvalue weighted by Crippen LogP contribution is 2.43. The van der Waals surface area contributed by atoms with Crippen LogP contribution in [0.4, 0.5) is 8.78 Å². The second kappa shape index (κ2) is 12.7. The zero-order valence-electron chi connectivity index (χ0n) is 23.0. The number of ether oxygens (including phenoxy) is 1. The van der Waals surface area contributed by atoms with Crippen LogP contribution >= 0.6 is 0 Å². The minimum Gasteiger partial charge on any atom is -0.389 e. The number of hydrogen-bond donors (Lipinski definition) is 2. The Hall–Kier alpha value is -3.36. The van der Waals surface area contributed by atoms with Gasteiger partial charge < -0.3 is 15.2 Å². The molecular formula is C31H37F2N3O3. The Labute approximate surface area is 228 Å². The highest BCUT2D eigenvalue weighted by Gasteiger charge is 2.30. The summed E-state index contributed by atoms with van der Waals surface area (Å²) in [6.07, 6.45) is 8.04. The smallest absolute Gasteiger partial charge is 0.251 e. The first-order valence-electron chi connectivity index (χ1n) is 13.5. The van der Waals surface area contributed by atoms with Crippen LogP contribution in [0.5, 0.6) is 0 Å². The molecule has 1 aliphatic carbocycles. The van der Waals surface area contributed by atoms with Gasteiger partial charge in [-0.3, -0.25) is 9.48 Å². The van der Waals surface area contributed by atoms with Gasteiger partial charge in [0.15, 0.2) is 0 Å². The van der Waals surface area contributed by atoms with Gasteiger partial charge >= 0.3 is 0 Å². The maximum Gasteiger partial charge on any atom is 0.251 e. The van der Waals surface area contributed by atoms with E-state index in [1.807, 2.05) is 45.3 Å². The average molecular weight is 538 g/mol. The molecule has 8 heteroatoms. The summed E-state index contributed by atoms with van der Waals surface area (Å²) in [5, 5.41) is 16.8. The molecule has 2 heterocycles. The number of aryl methyl sites for hydroxylation is 2. The molecule has 0 bridgehead atoms. The largest absolute Gasteiger partial charge is 0.389 e. The lowest BCUT2D eigenvalue weighted by atomic mass is 9.92. The van der Waals surface area contributed by atoms with Gasteiger partial charge in [-0.25, -0.2) is 8.78 Å². The number of nitrogens with zero attached hydrogens (tertiary/aromatic N) is 2. The van der Waals surface area contributed by atoms with Gasteiger partial charge in [-0.1, -0.05) is 31.2 Å². The number of hydrogen-bond acceptors (Lipinski definition) is 4. The summed E-state index contributed by atoms with van der Waals surface area (Å²) in [4.78, 5) is 12.7. The van der Waals surface area contributed by atoms with Crippen molar-refractivity contribution in [1.82, 2.24) is 15.1 Å². The Kier molecular flexibility index (Phi) is 9.30. The molecule has 0 spiro atoms. The normalized spacial score (nSPS) is 19.3. The van der Waals surface area contributed by atoms with Gasteiger partial charge in [0.25, 0.3) is 5.91 Å². The number of amides is 1. The fourth-order valence-electron chi connectivity index (χ4n) is 4.97. The van der Waals surface area contributed by atoms with Crippen LogP contribution in [-0.2, 0) is 23.0 Å². The minimum absolute atomic E-state index is 0.140. The number of carbonyl (C=O) groups is 1. The van der Waals surface area contributed by atoms with E-state index in [0.29, 0.717) is 30.1 Å². The summed E-state index contributed by atoms with van der Waals surface area (Å²) in [5.74, 6) is -0.382. The van der Waals surface area contributed by atoms with Gasteiger partial charge in [0, 0.05) is 36.6 Å². The highest BCUT2D eigenvalue weighted by molar-refractivity contribution is 6.20. The lowest BCUT2D eigenvalue weighted by Gasteiger charge is -2.29. The van der Waals surface area contributed by atoms with E-state index in [9.17, 15) is 18.7 Å². The molecule has 1 aromatic heterocycles. The average Bonchev–Trinajstić information content (AvgIpc) is 3.67. The van der Waals surface area contributed by atoms with Crippen molar-refractivity contribution in [2.24, 2.45) is 7.05 Å². The predicted octanol–water partition coefficient (Wildman–Crippen LogP) is 5.47. The molecule has 2 N–H and O–H groups in total. The molecule has 5 rings (SSSR count). The Bertz CT molecular complexity index is 1350. The van der Waals surface area contributed by atoms with Crippen LogP contribution in [0.1, 0.15) is 61.3 Å². The van der Waals surface area contributed by atoms with Crippen molar-refractivity contribution < 1.29 is 23.4 Å². The van der Waals surface area contributed by atoms with Crippen molar-refractivity contribution >= 4 is 11.5 Å². The molecule has 0 radical (unpaired) electrons.